The van der Waals surface area contributed by atoms with Crippen LogP contribution in [-0.4, -0.2) is 91.5 Å². The second-order valence-electron chi connectivity index (χ2n) is 4.29. The molecule has 0 heterocycles. The summed E-state index contributed by atoms with van der Waals surface area (Å²) in [6, 6.07) is 0. The Hall–Kier alpha value is -0.280. The van der Waals surface area contributed by atoms with E-state index >= 15 is 0 Å². The first-order valence-corrected chi connectivity index (χ1v) is 6.55. The molecule has 0 spiro atoms. The molecule has 0 saturated carbocycles. The summed E-state index contributed by atoms with van der Waals surface area (Å²) in [7, 11) is 6.36. The largest absolute Gasteiger partial charge is 0.394 e. The minimum Gasteiger partial charge on any atom is -0.394 e. The van der Waals surface area contributed by atoms with Gasteiger partial charge in [0.15, 0.2) is 0 Å². The van der Waals surface area contributed by atoms with E-state index in [1.54, 1.807) is 21.3 Å². The van der Waals surface area contributed by atoms with Gasteiger partial charge in [0.25, 0.3) is 0 Å². The van der Waals surface area contributed by atoms with E-state index in [1.165, 1.54) is 7.11 Å². The maximum absolute atomic E-state index is 8.94. The van der Waals surface area contributed by atoms with Crippen molar-refractivity contribution in [3.8, 4) is 0 Å². The summed E-state index contributed by atoms with van der Waals surface area (Å²) in [4.78, 5) is 0. The summed E-state index contributed by atoms with van der Waals surface area (Å²) in [6.07, 6.45) is -0.579. The molecule has 3 unspecified atom stereocenters. The number of hydrogen-bond donors (Lipinski definition) is 1. The standard InChI is InChI=1S/C13H28O7/c1-15-6-12(17-3)8-20-10-13(18-4)9-19-7-11(5-14)16-2/h11-14H,5-10H2,1-4H3. The van der Waals surface area contributed by atoms with E-state index in [1.807, 2.05) is 0 Å². The number of hydrogen-bond acceptors (Lipinski definition) is 7. The predicted molar refractivity (Wildman–Crippen MR) is 73.0 cm³/mol. The van der Waals surface area contributed by atoms with Crippen molar-refractivity contribution in [2.24, 2.45) is 0 Å². The zero-order valence-electron chi connectivity index (χ0n) is 12.9. The zero-order chi connectivity index (χ0) is 15.2. The van der Waals surface area contributed by atoms with Gasteiger partial charge in [-0.25, -0.2) is 0 Å². The highest BCUT2D eigenvalue weighted by Gasteiger charge is 2.13. The van der Waals surface area contributed by atoms with Crippen LogP contribution in [0.3, 0.4) is 0 Å². The van der Waals surface area contributed by atoms with Crippen molar-refractivity contribution in [1.29, 1.82) is 0 Å². The molecule has 0 aliphatic rings. The highest BCUT2D eigenvalue weighted by atomic mass is 16.6. The van der Waals surface area contributed by atoms with Crippen molar-refractivity contribution in [2.45, 2.75) is 18.3 Å². The highest BCUT2D eigenvalue weighted by molar-refractivity contribution is 4.59. The lowest BCUT2D eigenvalue weighted by Crippen LogP contribution is -2.31. The van der Waals surface area contributed by atoms with Crippen molar-refractivity contribution in [3.63, 3.8) is 0 Å². The third-order valence-corrected chi connectivity index (χ3v) is 2.77. The monoisotopic (exact) mass is 296 g/mol. The number of rotatable bonds is 14. The van der Waals surface area contributed by atoms with Crippen molar-refractivity contribution in [1.82, 2.24) is 0 Å². The van der Waals surface area contributed by atoms with Crippen molar-refractivity contribution >= 4 is 0 Å². The average Bonchev–Trinajstić information content (AvgIpc) is 2.48. The molecule has 7 nitrogen and oxygen atoms in total. The number of ether oxygens (including phenoxy) is 6. The van der Waals surface area contributed by atoms with Crippen molar-refractivity contribution < 1.29 is 33.5 Å². The van der Waals surface area contributed by atoms with Gasteiger partial charge in [0.1, 0.15) is 18.3 Å². The second-order valence-corrected chi connectivity index (χ2v) is 4.29. The third kappa shape index (κ3) is 9.60. The number of aliphatic hydroxyl groups is 1. The van der Waals surface area contributed by atoms with Gasteiger partial charge in [-0.1, -0.05) is 0 Å². The molecule has 7 heteroatoms. The molecule has 1 N–H and O–H groups in total. The fraction of sp³-hybridized carbons (Fsp3) is 1.00. The molecule has 0 rings (SSSR count). The maximum Gasteiger partial charge on any atom is 0.104 e. The summed E-state index contributed by atoms with van der Waals surface area (Å²) in [5.74, 6) is 0. The molecular formula is C13H28O7. The quantitative estimate of drug-likeness (QED) is 0.472. The van der Waals surface area contributed by atoms with Crippen molar-refractivity contribution in [3.05, 3.63) is 0 Å². The Morgan fingerprint density at radius 2 is 1.05 bits per heavy atom. The molecule has 0 radical (unpaired) electrons. The van der Waals surface area contributed by atoms with E-state index < -0.39 is 0 Å². The Morgan fingerprint density at radius 1 is 0.650 bits per heavy atom. The Kier molecular flexibility index (Phi) is 13.5. The highest BCUT2D eigenvalue weighted by Crippen LogP contribution is 1.99. The van der Waals surface area contributed by atoms with Crippen LogP contribution in [0.2, 0.25) is 0 Å². The van der Waals surface area contributed by atoms with Crippen LogP contribution in [0.4, 0.5) is 0 Å². The van der Waals surface area contributed by atoms with Crippen molar-refractivity contribution in [2.75, 3.05) is 68.1 Å². The van der Waals surface area contributed by atoms with Gasteiger partial charge in [-0.3, -0.25) is 0 Å². The minimum atomic E-state index is -0.312. The van der Waals surface area contributed by atoms with E-state index in [-0.39, 0.29) is 24.9 Å². The van der Waals surface area contributed by atoms with Gasteiger partial charge in [0.05, 0.1) is 39.6 Å². The van der Waals surface area contributed by atoms with E-state index in [9.17, 15) is 0 Å². The second kappa shape index (κ2) is 13.7. The normalized spacial score (nSPS) is 16.1. The molecule has 0 aromatic heterocycles. The summed E-state index contributed by atoms with van der Waals surface area (Å²) in [5, 5.41) is 8.94. The predicted octanol–water partition coefficient (Wildman–Crippen LogP) is -0.297. The van der Waals surface area contributed by atoms with E-state index in [0.29, 0.717) is 33.0 Å². The Labute approximate surface area is 121 Å². The molecule has 0 saturated heterocycles. The number of aliphatic hydroxyl groups excluding tert-OH is 1. The number of methoxy groups -OCH3 is 4. The van der Waals surface area contributed by atoms with Crippen LogP contribution in [0.25, 0.3) is 0 Å². The Bertz CT molecular complexity index is 199. The first-order valence-electron chi connectivity index (χ1n) is 6.55. The van der Waals surface area contributed by atoms with Crippen LogP contribution in [-0.2, 0) is 28.4 Å². The first kappa shape index (κ1) is 19.7. The molecule has 0 aromatic rings. The van der Waals surface area contributed by atoms with Crippen LogP contribution in [0, 0.1) is 0 Å². The Balaban J connectivity index is 3.75. The SMILES string of the molecule is COCC(COCC(COCC(CO)OC)OC)OC. The summed E-state index contributed by atoms with van der Waals surface area (Å²) >= 11 is 0. The fourth-order valence-electron chi connectivity index (χ4n) is 1.41. The molecule has 0 bridgehead atoms. The molecule has 0 amide bonds. The third-order valence-electron chi connectivity index (χ3n) is 2.77. The van der Waals surface area contributed by atoms with Gasteiger partial charge in [-0.15, -0.1) is 0 Å². The minimum absolute atomic E-state index is 0.0722. The average molecular weight is 296 g/mol. The van der Waals surface area contributed by atoms with Gasteiger partial charge in [-0.05, 0) is 0 Å². The molecule has 0 aliphatic carbocycles. The van der Waals surface area contributed by atoms with E-state index in [2.05, 4.69) is 0 Å². The van der Waals surface area contributed by atoms with Crippen LogP contribution >= 0.6 is 0 Å². The van der Waals surface area contributed by atoms with Gasteiger partial charge >= 0.3 is 0 Å². The van der Waals surface area contributed by atoms with Gasteiger partial charge in [0.2, 0.25) is 0 Å². The smallest absolute Gasteiger partial charge is 0.104 e. The van der Waals surface area contributed by atoms with Gasteiger partial charge in [-0.2, -0.15) is 0 Å². The molecule has 20 heavy (non-hydrogen) atoms. The molecule has 0 fully saturated rings. The lowest BCUT2D eigenvalue weighted by molar-refractivity contribution is -0.0863. The maximum atomic E-state index is 8.94. The van der Waals surface area contributed by atoms with Crippen LogP contribution in [0.15, 0.2) is 0 Å². The lowest BCUT2D eigenvalue weighted by atomic mass is 10.3. The molecule has 3 atom stereocenters. The fourth-order valence-corrected chi connectivity index (χ4v) is 1.41. The molecule has 0 aliphatic heterocycles. The van der Waals surface area contributed by atoms with Crippen LogP contribution in [0.1, 0.15) is 0 Å². The van der Waals surface area contributed by atoms with E-state index in [4.69, 9.17) is 33.5 Å². The summed E-state index contributed by atoms with van der Waals surface area (Å²) < 4.78 is 31.3. The van der Waals surface area contributed by atoms with Crippen LogP contribution in [0.5, 0.6) is 0 Å². The summed E-state index contributed by atoms with van der Waals surface area (Å²) in [5.41, 5.74) is 0. The summed E-state index contributed by atoms with van der Waals surface area (Å²) in [6.45, 7) is 1.93. The molecule has 0 aromatic carbocycles. The van der Waals surface area contributed by atoms with Gasteiger partial charge < -0.3 is 33.5 Å². The Morgan fingerprint density at radius 3 is 1.40 bits per heavy atom. The van der Waals surface area contributed by atoms with Crippen LogP contribution < -0.4 is 0 Å². The van der Waals surface area contributed by atoms with Gasteiger partial charge in [0, 0.05) is 28.4 Å². The first-order chi connectivity index (χ1) is 9.71. The topological polar surface area (TPSA) is 75.6 Å². The zero-order valence-corrected chi connectivity index (χ0v) is 12.9. The molecular weight excluding hydrogens is 268 g/mol. The van der Waals surface area contributed by atoms with E-state index in [0.717, 1.165) is 0 Å². The molecule has 122 valence electrons. The lowest BCUT2D eigenvalue weighted by Gasteiger charge is -2.20.